The summed E-state index contributed by atoms with van der Waals surface area (Å²) in [5.74, 6) is 0.738. The number of hydrogen-bond donors (Lipinski definition) is 2. The molecule has 1 amide bonds. The number of nitrogens with one attached hydrogen (secondary N) is 2. The maximum atomic E-state index is 12.2. The van der Waals surface area contributed by atoms with Crippen LogP contribution in [0.25, 0.3) is 0 Å². The lowest BCUT2D eigenvalue weighted by atomic mass is 10.2. The summed E-state index contributed by atoms with van der Waals surface area (Å²) in [6.07, 6.45) is 4.69. The van der Waals surface area contributed by atoms with E-state index in [1.54, 1.807) is 25.0 Å². The molecule has 6 heteroatoms. The smallest absolute Gasteiger partial charge is 0.272 e. The highest BCUT2D eigenvalue weighted by atomic mass is 32.2. The third-order valence-electron chi connectivity index (χ3n) is 3.05. The second kappa shape index (κ2) is 8.09. The van der Waals surface area contributed by atoms with Crippen LogP contribution < -0.4 is 10.6 Å². The molecule has 0 spiro atoms. The van der Waals surface area contributed by atoms with Crippen LogP contribution in [0, 0.1) is 0 Å². The Bertz CT molecular complexity index is 451. The van der Waals surface area contributed by atoms with Crippen molar-refractivity contribution < 1.29 is 4.79 Å². The maximum Gasteiger partial charge on any atom is 0.272 e. The molecule has 112 valence electrons. The number of nitrogens with zero attached hydrogens (tertiary/aromatic N) is 2. The van der Waals surface area contributed by atoms with Crippen molar-refractivity contribution in [2.45, 2.75) is 38.4 Å². The molecule has 0 fully saturated rings. The third kappa shape index (κ3) is 4.67. The predicted octanol–water partition coefficient (Wildman–Crippen LogP) is 2.51. The summed E-state index contributed by atoms with van der Waals surface area (Å²) in [6, 6.07) is 0. The van der Waals surface area contributed by atoms with Gasteiger partial charge in [0.2, 0.25) is 0 Å². The molecule has 5 nitrogen and oxygen atoms in total. The average Bonchev–Trinajstić information content (AvgIpc) is 2.45. The number of rotatable bonds is 7. The Morgan fingerprint density at radius 3 is 2.65 bits per heavy atom. The quantitative estimate of drug-likeness (QED) is 0.809. The lowest BCUT2D eigenvalue weighted by Crippen LogP contribution is -2.28. The van der Waals surface area contributed by atoms with Crippen molar-refractivity contribution in [2.75, 3.05) is 25.2 Å². The van der Waals surface area contributed by atoms with Crippen LogP contribution in [0.3, 0.4) is 0 Å². The van der Waals surface area contributed by atoms with Crippen LogP contribution in [0.15, 0.2) is 6.20 Å². The van der Waals surface area contributed by atoms with Crippen LogP contribution in [-0.4, -0.2) is 41.0 Å². The van der Waals surface area contributed by atoms with Crippen molar-refractivity contribution in [1.29, 1.82) is 0 Å². The minimum Gasteiger partial charge on any atom is -0.385 e. The number of thioether (sulfide) groups is 1. The Morgan fingerprint density at radius 2 is 2.10 bits per heavy atom. The average molecular weight is 296 g/mol. The Balaban J connectivity index is 2.77. The molecular weight excluding hydrogens is 272 g/mol. The lowest BCUT2D eigenvalue weighted by Gasteiger charge is -2.12. The Hall–Kier alpha value is -1.30. The third-order valence-corrected chi connectivity index (χ3v) is 4.09. The molecule has 0 radical (unpaired) electrons. The number of aromatic nitrogens is 2. The Kier molecular flexibility index (Phi) is 6.78. The molecule has 2 N–H and O–H groups in total. The standard InChI is InChI=1S/C14H24N4OS/c1-9(2)13-17-8-11(15-4)12(18-13)14(19)16-7-6-10(3)20-5/h8-10,15H,6-7H2,1-5H3,(H,16,19). The summed E-state index contributed by atoms with van der Waals surface area (Å²) >= 11 is 1.80. The Labute approximate surface area is 125 Å². The van der Waals surface area contributed by atoms with Crippen molar-refractivity contribution in [2.24, 2.45) is 0 Å². The zero-order chi connectivity index (χ0) is 15.1. The molecule has 0 saturated heterocycles. The fraction of sp³-hybridized carbons (Fsp3) is 0.643. The van der Waals surface area contributed by atoms with E-state index in [1.165, 1.54) is 0 Å². The van der Waals surface area contributed by atoms with Crippen LogP contribution in [-0.2, 0) is 0 Å². The van der Waals surface area contributed by atoms with Gasteiger partial charge in [0.1, 0.15) is 5.82 Å². The van der Waals surface area contributed by atoms with E-state index >= 15 is 0 Å². The first kappa shape index (κ1) is 16.8. The van der Waals surface area contributed by atoms with Gasteiger partial charge in [0.05, 0.1) is 11.9 Å². The first-order valence-electron chi connectivity index (χ1n) is 6.85. The van der Waals surface area contributed by atoms with Gasteiger partial charge in [-0.1, -0.05) is 20.8 Å². The van der Waals surface area contributed by atoms with Gasteiger partial charge in [0.25, 0.3) is 5.91 Å². The van der Waals surface area contributed by atoms with Gasteiger partial charge < -0.3 is 10.6 Å². The van der Waals surface area contributed by atoms with E-state index in [-0.39, 0.29) is 11.8 Å². The highest BCUT2D eigenvalue weighted by Gasteiger charge is 2.15. The van der Waals surface area contributed by atoms with Gasteiger partial charge in [0.15, 0.2) is 5.69 Å². The normalized spacial score (nSPS) is 12.3. The van der Waals surface area contributed by atoms with Crippen molar-refractivity contribution in [3.05, 3.63) is 17.7 Å². The molecule has 1 rings (SSSR count). The largest absolute Gasteiger partial charge is 0.385 e. The second-order valence-electron chi connectivity index (χ2n) is 4.99. The summed E-state index contributed by atoms with van der Waals surface area (Å²) in [7, 11) is 1.76. The SMILES string of the molecule is CNc1cnc(C(C)C)nc1C(=O)NCCC(C)SC. The lowest BCUT2D eigenvalue weighted by molar-refractivity contribution is 0.0948. The van der Waals surface area contributed by atoms with E-state index in [4.69, 9.17) is 0 Å². The molecule has 1 heterocycles. The molecule has 0 aliphatic rings. The molecule has 1 atom stereocenters. The van der Waals surface area contributed by atoms with Crippen LogP contribution >= 0.6 is 11.8 Å². The van der Waals surface area contributed by atoms with E-state index in [2.05, 4.69) is 33.8 Å². The topological polar surface area (TPSA) is 66.9 Å². The molecule has 0 saturated carbocycles. The number of anilines is 1. The van der Waals surface area contributed by atoms with Gasteiger partial charge in [-0.25, -0.2) is 9.97 Å². The van der Waals surface area contributed by atoms with Gasteiger partial charge >= 0.3 is 0 Å². The fourth-order valence-corrected chi connectivity index (χ4v) is 1.97. The molecule has 0 bridgehead atoms. The fourth-order valence-electron chi connectivity index (χ4n) is 1.62. The highest BCUT2D eigenvalue weighted by Crippen LogP contribution is 2.16. The van der Waals surface area contributed by atoms with Crippen molar-refractivity contribution in [3.8, 4) is 0 Å². The molecule has 0 aliphatic carbocycles. The summed E-state index contributed by atoms with van der Waals surface area (Å²) < 4.78 is 0. The molecule has 0 aliphatic heterocycles. The molecule has 1 aromatic rings. The molecule has 20 heavy (non-hydrogen) atoms. The van der Waals surface area contributed by atoms with Crippen LogP contribution in [0.4, 0.5) is 5.69 Å². The van der Waals surface area contributed by atoms with Gasteiger partial charge in [-0.15, -0.1) is 0 Å². The van der Waals surface area contributed by atoms with Gasteiger partial charge in [0, 0.05) is 24.8 Å². The monoisotopic (exact) mass is 296 g/mol. The Morgan fingerprint density at radius 1 is 1.40 bits per heavy atom. The van der Waals surface area contributed by atoms with Gasteiger partial charge in [-0.2, -0.15) is 11.8 Å². The van der Waals surface area contributed by atoms with E-state index in [0.29, 0.717) is 29.0 Å². The van der Waals surface area contributed by atoms with E-state index in [1.807, 2.05) is 13.8 Å². The highest BCUT2D eigenvalue weighted by molar-refractivity contribution is 7.99. The molecular formula is C14H24N4OS. The van der Waals surface area contributed by atoms with E-state index in [9.17, 15) is 4.79 Å². The maximum absolute atomic E-state index is 12.2. The number of amides is 1. The zero-order valence-electron chi connectivity index (χ0n) is 12.9. The summed E-state index contributed by atoms with van der Waals surface area (Å²) in [6.45, 7) is 6.83. The van der Waals surface area contributed by atoms with E-state index < -0.39 is 0 Å². The first-order chi connectivity index (χ1) is 9.49. The van der Waals surface area contributed by atoms with Gasteiger partial charge in [-0.3, -0.25) is 4.79 Å². The van der Waals surface area contributed by atoms with Crippen molar-refractivity contribution in [3.63, 3.8) is 0 Å². The van der Waals surface area contributed by atoms with Crippen molar-refractivity contribution >= 4 is 23.4 Å². The van der Waals surface area contributed by atoms with Crippen LogP contribution in [0.2, 0.25) is 0 Å². The number of carbonyl (C=O) groups excluding carboxylic acids is 1. The first-order valence-corrected chi connectivity index (χ1v) is 8.14. The number of hydrogen-bond acceptors (Lipinski definition) is 5. The molecule has 0 aromatic carbocycles. The van der Waals surface area contributed by atoms with Crippen molar-refractivity contribution in [1.82, 2.24) is 15.3 Å². The minimum atomic E-state index is -0.146. The summed E-state index contributed by atoms with van der Waals surface area (Å²) in [5, 5.41) is 6.42. The predicted molar refractivity (Wildman–Crippen MR) is 85.6 cm³/mol. The van der Waals surface area contributed by atoms with Crippen LogP contribution in [0.1, 0.15) is 49.4 Å². The summed E-state index contributed by atoms with van der Waals surface area (Å²) in [4.78, 5) is 20.8. The van der Waals surface area contributed by atoms with Gasteiger partial charge in [-0.05, 0) is 12.7 Å². The van der Waals surface area contributed by atoms with E-state index in [0.717, 1.165) is 6.42 Å². The summed E-state index contributed by atoms with van der Waals surface area (Å²) in [5.41, 5.74) is 1.08. The number of carbonyl (C=O) groups is 1. The second-order valence-corrected chi connectivity index (χ2v) is 6.26. The van der Waals surface area contributed by atoms with Crippen LogP contribution in [0.5, 0.6) is 0 Å². The molecule has 1 aromatic heterocycles. The molecule has 1 unspecified atom stereocenters. The minimum absolute atomic E-state index is 0.146. The zero-order valence-corrected chi connectivity index (χ0v) is 13.7.